The van der Waals surface area contributed by atoms with Crippen LogP contribution in [0.15, 0.2) is 42.7 Å². The van der Waals surface area contributed by atoms with Crippen molar-refractivity contribution in [3.8, 4) is 5.75 Å². The molecule has 2 heterocycles. The number of fused-ring (bicyclic) bond motifs is 1. The number of hydrogen-bond acceptors (Lipinski definition) is 5. The Labute approximate surface area is 190 Å². The number of nitrogens with zero attached hydrogens (tertiary/aromatic N) is 3. The van der Waals surface area contributed by atoms with Crippen LogP contribution in [0.25, 0.3) is 0 Å². The minimum atomic E-state index is -0.534. The van der Waals surface area contributed by atoms with Gasteiger partial charge < -0.3 is 15.0 Å². The van der Waals surface area contributed by atoms with Crippen molar-refractivity contribution in [1.82, 2.24) is 20.1 Å². The molecular formula is C25H34N4O3. The molecule has 1 aromatic carbocycles. The molecule has 2 aromatic rings. The molecule has 1 aromatic heterocycles. The molecule has 0 fully saturated rings. The van der Waals surface area contributed by atoms with E-state index in [1.54, 1.807) is 4.90 Å². The predicted octanol–water partition coefficient (Wildman–Crippen LogP) is 2.99. The highest BCUT2D eigenvalue weighted by atomic mass is 16.5. The molecular weight excluding hydrogens is 404 g/mol. The highest BCUT2D eigenvalue weighted by Crippen LogP contribution is 2.26. The zero-order chi connectivity index (χ0) is 23.1. The van der Waals surface area contributed by atoms with E-state index in [2.05, 4.69) is 34.3 Å². The molecule has 0 saturated heterocycles. The summed E-state index contributed by atoms with van der Waals surface area (Å²) in [5, 5.41) is 2.81. The Morgan fingerprint density at radius 2 is 1.88 bits per heavy atom. The molecule has 3 rings (SSSR count). The van der Waals surface area contributed by atoms with Crippen LogP contribution in [-0.2, 0) is 29.2 Å². The van der Waals surface area contributed by atoms with E-state index < -0.39 is 6.04 Å². The Morgan fingerprint density at radius 3 is 2.53 bits per heavy atom. The molecule has 7 heteroatoms. The number of rotatable bonds is 8. The van der Waals surface area contributed by atoms with Gasteiger partial charge in [-0.15, -0.1) is 0 Å². The zero-order valence-electron chi connectivity index (χ0n) is 19.5. The van der Waals surface area contributed by atoms with E-state index in [1.165, 1.54) is 18.1 Å². The number of carbonyl (C=O) groups is 2. The Kier molecular flexibility index (Phi) is 8.22. The lowest BCUT2D eigenvalue weighted by Crippen LogP contribution is -2.51. The number of carbonyl (C=O) groups excluding carboxylic acids is 2. The average molecular weight is 439 g/mol. The molecule has 32 heavy (non-hydrogen) atoms. The largest absolute Gasteiger partial charge is 0.491 e. The van der Waals surface area contributed by atoms with Crippen LogP contribution in [-0.4, -0.2) is 52.3 Å². The molecule has 0 bridgehead atoms. The topological polar surface area (TPSA) is 74.8 Å². The van der Waals surface area contributed by atoms with Crippen LogP contribution in [0.4, 0.5) is 0 Å². The molecule has 0 spiro atoms. The smallest absolute Gasteiger partial charge is 0.245 e. The third-order valence-electron chi connectivity index (χ3n) is 5.72. The van der Waals surface area contributed by atoms with Gasteiger partial charge in [-0.05, 0) is 47.9 Å². The Hall–Kier alpha value is -2.93. The summed E-state index contributed by atoms with van der Waals surface area (Å²) in [6, 6.07) is 9.79. The monoisotopic (exact) mass is 438 g/mol. The summed E-state index contributed by atoms with van der Waals surface area (Å²) in [6.45, 7) is 11.5. The fourth-order valence-electron chi connectivity index (χ4n) is 3.95. The number of pyridine rings is 1. The average Bonchev–Trinajstić information content (AvgIpc) is 2.99. The molecule has 2 amide bonds. The van der Waals surface area contributed by atoms with Crippen molar-refractivity contribution >= 4 is 11.8 Å². The van der Waals surface area contributed by atoms with Crippen LogP contribution in [0.2, 0.25) is 0 Å². The van der Waals surface area contributed by atoms with E-state index in [9.17, 15) is 9.59 Å². The van der Waals surface area contributed by atoms with E-state index >= 15 is 0 Å². The highest BCUT2D eigenvalue weighted by molar-refractivity contribution is 5.87. The molecule has 1 atom stereocenters. The summed E-state index contributed by atoms with van der Waals surface area (Å²) in [6.07, 6.45) is 3.64. The molecule has 0 saturated carbocycles. The maximum absolute atomic E-state index is 13.2. The maximum Gasteiger partial charge on any atom is 0.245 e. The summed E-state index contributed by atoms with van der Waals surface area (Å²) in [5.74, 6) is 0.569. The standard InChI is InChI=1S/C25H34N4O3/c1-5-28(15-20-8-10-26-11-9-20)16-21-6-7-23-22(14-21)17-29(12-13-32-23)25(31)24(18(2)3)27-19(4)30/h6-11,14,18,24H,5,12-13,15-17H2,1-4H3,(H,27,30). The minimum absolute atomic E-state index is 0.00711. The number of nitrogens with one attached hydrogen (secondary N) is 1. The quantitative estimate of drug-likeness (QED) is 0.686. The fourth-order valence-corrected chi connectivity index (χ4v) is 3.95. The van der Waals surface area contributed by atoms with Crippen molar-refractivity contribution in [2.75, 3.05) is 19.7 Å². The minimum Gasteiger partial charge on any atom is -0.491 e. The molecule has 1 N–H and O–H groups in total. The Balaban J connectivity index is 1.74. The molecule has 172 valence electrons. The summed E-state index contributed by atoms with van der Waals surface area (Å²) in [5.41, 5.74) is 3.41. The second kappa shape index (κ2) is 11.1. The first kappa shape index (κ1) is 23.7. The van der Waals surface area contributed by atoms with Gasteiger partial charge in [-0.2, -0.15) is 0 Å². The molecule has 7 nitrogen and oxygen atoms in total. The summed E-state index contributed by atoms with van der Waals surface area (Å²) in [7, 11) is 0. The Bertz CT molecular complexity index is 917. The second-order valence-corrected chi connectivity index (χ2v) is 8.63. The lowest BCUT2D eigenvalue weighted by Gasteiger charge is -2.28. The molecule has 0 radical (unpaired) electrons. The van der Waals surface area contributed by atoms with Crippen molar-refractivity contribution < 1.29 is 14.3 Å². The second-order valence-electron chi connectivity index (χ2n) is 8.63. The third kappa shape index (κ3) is 6.29. The van der Waals surface area contributed by atoms with Gasteiger partial charge in [0.25, 0.3) is 0 Å². The third-order valence-corrected chi connectivity index (χ3v) is 5.72. The fraction of sp³-hybridized carbons (Fsp3) is 0.480. The van der Waals surface area contributed by atoms with Gasteiger partial charge in [0.15, 0.2) is 0 Å². The first-order valence-corrected chi connectivity index (χ1v) is 11.3. The first-order chi connectivity index (χ1) is 15.4. The predicted molar refractivity (Wildman–Crippen MR) is 124 cm³/mol. The van der Waals surface area contributed by atoms with Gasteiger partial charge in [-0.25, -0.2) is 0 Å². The van der Waals surface area contributed by atoms with Gasteiger partial charge in [-0.1, -0.05) is 26.8 Å². The maximum atomic E-state index is 13.2. The lowest BCUT2D eigenvalue weighted by molar-refractivity contribution is -0.138. The number of benzene rings is 1. The summed E-state index contributed by atoms with van der Waals surface area (Å²) < 4.78 is 5.93. The van der Waals surface area contributed by atoms with Crippen molar-refractivity contribution in [2.45, 2.75) is 53.4 Å². The van der Waals surface area contributed by atoms with Crippen LogP contribution in [0.3, 0.4) is 0 Å². The van der Waals surface area contributed by atoms with Crippen LogP contribution in [0.1, 0.15) is 44.4 Å². The van der Waals surface area contributed by atoms with Crippen molar-refractivity contribution in [1.29, 1.82) is 0 Å². The van der Waals surface area contributed by atoms with Gasteiger partial charge in [0.05, 0.1) is 6.54 Å². The first-order valence-electron chi connectivity index (χ1n) is 11.3. The van der Waals surface area contributed by atoms with E-state index in [-0.39, 0.29) is 17.7 Å². The van der Waals surface area contributed by atoms with Crippen LogP contribution >= 0.6 is 0 Å². The Morgan fingerprint density at radius 1 is 1.16 bits per heavy atom. The van der Waals surface area contributed by atoms with Gasteiger partial charge in [-0.3, -0.25) is 19.5 Å². The number of amides is 2. The summed E-state index contributed by atoms with van der Waals surface area (Å²) in [4.78, 5) is 33.0. The number of ether oxygens (including phenoxy) is 1. The molecule has 1 aliphatic rings. The van der Waals surface area contributed by atoms with Crippen LogP contribution in [0.5, 0.6) is 5.75 Å². The van der Waals surface area contributed by atoms with Gasteiger partial charge >= 0.3 is 0 Å². The van der Waals surface area contributed by atoms with E-state index in [4.69, 9.17) is 4.74 Å². The SMILES string of the molecule is CCN(Cc1ccncc1)Cc1ccc2c(c1)CN(C(=O)C(NC(C)=O)C(C)C)CCO2. The molecule has 0 aliphatic carbocycles. The van der Waals surface area contributed by atoms with Crippen molar-refractivity contribution in [2.24, 2.45) is 5.92 Å². The number of hydrogen-bond donors (Lipinski definition) is 1. The van der Waals surface area contributed by atoms with Crippen molar-refractivity contribution in [3.63, 3.8) is 0 Å². The molecule has 1 unspecified atom stereocenters. The van der Waals surface area contributed by atoms with E-state index in [0.29, 0.717) is 19.7 Å². The van der Waals surface area contributed by atoms with Gasteiger partial charge in [0.1, 0.15) is 18.4 Å². The lowest BCUT2D eigenvalue weighted by atomic mass is 10.0. The summed E-state index contributed by atoms with van der Waals surface area (Å²) >= 11 is 0. The van der Waals surface area contributed by atoms with Gasteiger partial charge in [0.2, 0.25) is 11.8 Å². The van der Waals surface area contributed by atoms with E-state index in [0.717, 1.165) is 30.9 Å². The van der Waals surface area contributed by atoms with Gasteiger partial charge in [0, 0.05) is 44.5 Å². The normalized spacial score (nSPS) is 14.5. The van der Waals surface area contributed by atoms with E-state index in [1.807, 2.05) is 44.4 Å². The van der Waals surface area contributed by atoms with Crippen LogP contribution < -0.4 is 10.1 Å². The molecule has 1 aliphatic heterocycles. The zero-order valence-corrected chi connectivity index (χ0v) is 19.5. The number of aromatic nitrogens is 1. The van der Waals surface area contributed by atoms with Crippen molar-refractivity contribution in [3.05, 3.63) is 59.4 Å². The van der Waals surface area contributed by atoms with Crippen LogP contribution in [0, 0.1) is 5.92 Å². The highest BCUT2D eigenvalue weighted by Gasteiger charge is 2.29.